The van der Waals surface area contributed by atoms with Crippen LogP contribution in [0, 0.1) is 5.92 Å². The van der Waals surface area contributed by atoms with E-state index in [0.717, 1.165) is 4.31 Å². The fraction of sp³-hybridized carbons (Fsp3) is 0.556. The largest absolute Gasteiger partial charge is 0.480 e. The molecule has 0 amide bonds. The van der Waals surface area contributed by atoms with Gasteiger partial charge in [0.15, 0.2) is 5.78 Å². The molecule has 0 aliphatic carbocycles. The quantitative estimate of drug-likeness (QED) is 0.746. The van der Waals surface area contributed by atoms with E-state index >= 15 is 0 Å². The number of hydrogen-bond acceptors (Lipinski definition) is 4. The maximum absolute atomic E-state index is 12.9. The number of carboxylic acids is 1. The van der Waals surface area contributed by atoms with Gasteiger partial charge in [-0.1, -0.05) is 11.6 Å². The Labute approximate surface area is 164 Å². The molecule has 1 aromatic rings. The zero-order valence-electron chi connectivity index (χ0n) is 14.9. The van der Waals surface area contributed by atoms with Gasteiger partial charge in [0.25, 0.3) is 10.2 Å². The fourth-order valence-electron chi connectivity index (χ4n) is 3.77. The Balaban J connectivity index is 1.66. The van der Waals surface area contributed by atoms with Crippen molar-refractivity contribution in [3.8, 4) is 0 Å². The summed E-state index contributed by atoms with van der Waals surface area (Å²) in [5.41, 5.74) is 0.572. The third-order valence-electron chi connectivity index (χ3n) is 5.31. The van der Waals surface area contributed by atoms with Crippen molar-refractivity contribution in [2.75, 3.05) is 19.6 Å². The lowest BCUT2D eigenvalue weighted by molar-refractivity contribution is -0.142. The third-order valence-corrected chi connectivity index (χ3v) is 7.61. The molecule has 0 aromatic heterocycles. The summed E-state index contributed by atoms with van der Waals surface area (Å²) < 4.78 is 28.3. The topological polar surface area (TPSA) is 95.0 Å². The number of carbonyl (C=O) groups excluding carboxylic acids is 1. The Bertz CT molecular complexity index is 804. The molecule has 2 heterocycles. The first-order chi connectivity index (χ1) is 12.8. The molecule has 2 fully saturated rings. The Kier molecular flexibility index (Phi) is 6.20. The molecular weight excluding hydrogens is 392 g/mol. The highest BCUT2D eigenvalue weighted by atomic mass is 35.5. The van der Waals surface area contributed by atoms with Crippen LogP contribution in [0.2, 0.25) is 5.02 Å². The normalized spacial score (nSPS) is 23.2. The summed E-state index contributed by atoms with van der Waals surface area (Å²) in [6.07, 6.45) is 2.55. The second-order valence-electron chi connectivity index (χ2n) is 7.01. The van der Waals surface area contributed by atoms with Gasteiger partial charge in [0.05, 0.1) is 0 Å². The van der Waals surface area contributed by atoms with Crippen molar-refractivity contribution < 1.29 is 23.1 Å². The number of benzene rings is 1. The van der Waals surface area contributed by atoms with Gasteiger partial charge in [0.1, 0.15) is 6.04 Å². The zero-order valence-corrected chi connectivity index (χ0v) is 16.5. The predicted molar refractivity (Wildman–Crippen MR) is 101 cm³/mol. The molecular formula is C18H23ClN2O5S. The van der Waals surface area contributed by atoms with Crippen LogP contribution < -0.4 is 0 Å². The minimum atomic E-state index is -3.84. The highest BCUT2D eigenvalue weighted by molar-refractivity contribution is 7.86. The van der Waals surface area contributed by atoms with Crippen molar-refractivity contribution in [2.45, 2.75) is 38.1 Å². The van der Waals surface area contributed by atoms with Gasteiger partial charge in [-0.05, 0) is 56.4 Å². The maximum Gasteiger partial charge on any atom is 0.322 e. The Hall–Kier alpha value is -1.48. The number of Topliss-reactive ketones (excluding diaryl/α,β-unsaturated/α-hetero) is 1. The van der Waals surface area contributed by atoms with E-state index in [1.54, 1.807) is 24.3 Å². The highest BCUT2D eigenvalue weighted by Gasteiger charge is 2.41. The van der Waals surface area contributed by atoms with E-state index in [0.29, 0.717) is 42.7 Å². The molecule has 148 valence electrons. The van der Waals surface area contributed by atoms with Crippen molar-refractivity contribution in [3.05, 3.63) is 34.9 Å². The summed E-state index contributed by atoms with van der Waals surface area (Å²) in [6.45, 7) is 0.660. The number of carboxylic acid groups (broad SMARTS) is 1. The van der Waals surface area contributed by atoms with Gasteiger partial charge in [0, 0.05) is 36.1 Å². The molecule has 2 aliphatic rings. The molecule has 0 spiro atoms. The van der Waals surface area contributed by atoms with E-state index < -0.39 is 22.2 Å². The minimum absolute atomic E-state index is 0.00917. The summed E-state index contributed by atoms with van der Waals surface area (Å²) >= 11 is 5.85. The van der Waals surface area contributed by atoms with Crippen LogP contribution in [0.25, 0.3) is 0 Å². The van der Waals surface area contributed by atoms with Crippen molar-refractivity contribution in [1.29, 1.82) is 0 Å². The smallest absolute Gasteiger partial charge is 0.322 e. The summed E-state index contributed by atoms with van der Waals surface area (Å²) in [5, 5.41) is 9.91. The summed E-state index contributed by atoms with van der Waals surface area (Å²) in [6, 6.07) is 5.68. The van der Waals surface area contributed by atoms with E-state index in [1.807, 2.05) is 0 Å². The van der Waals surface area contributed by atoms with E-state index in [1.165, 1.54) is 4.31 Å². The number of ketones is 1. The van der Waals surface area contributed by atoms with Gasteiger partial charge in [-0.25, -0.2) is 0 Å². The van der Waals surface area contributed by atoms with Crippen LogP contribution in [0.5, 0.6) is 0 Å². The Morgan fingerprint density at radius 1 is 1.00 bits per heavy atom. The average molecular weight is 415 g/mol. The van der Waals surface area contributed by atoms with Crippen molar-refractivity contribution in [3.63, 3.8) is 0 Å². The summed E-state index contributed by atoms with van der Waals surface area (Å²) in [7, 11) is -3.84. The second kappa shape index (κ2) is 8.26. The number of nitrogens with zero attached hydrogens (tertiary/aromatic N) is 2. The molecule has 0 radical (unpaired) electrons. The van der Waals surface area contributed by atoms with Gasteiger partial charge >= 0.3 is 5.97 Å². The molecule has 1 N–H and O–H groups in total. The van der Waals surface area contributed by atoms with E-state index in [2.05, 4.69) is 0 Å². The van der Waals surface area contributed by atoms with E-state index in [9.17, 15) is 23.1 Å². The van der Waals surface area contributed by atoms with Gasteiger partial charge < -0.3 is 5.11 Å². The number of carbonyl (C=O) groups is 2. The molecule has 7 nitrogen and oxygen atoms in total. The fourth-order valence-corrected chi connectivity index (χ4v) is 5.75. The van der Waals surface area contributed by atoms with Crippen LogP contribution in [0.4, 0.5) is 0 Å². The summed E-state index contributed by atoms with van der Waals surface area (Å²) in [5.74, 6) is -1.36. The van der Waals surface area contributed by atoms with Crippen LogP contribution >= 0.6 is 11.6 Å². The lowest BCUT2D eigenvalue weighted by Gasteiger charge is -2.38. The molecule has 1 aromatic carbocycles. The van der Waals surface area contributed by atoms with E-state index in [4.69, 9.17) is 11.6 Å². The van der Waals surface area contributed by atoms with Gasteiger partial charge in [0.2, 0.25) is 0 Å². The standard InChI is InChI=1S/C18H23ClN2O5S/c19-15-6-4-13(5-7-15)17(22)14-8-11-20(12-9-14)27(25,26)21-10-2-1-3-16(21)18(23)24/h4-7,14,16H,1-3,8-12H2,(H,23,24). The maximum atomic E-state index is 12.9. The molecule has 0 saturated carbocycles. The molecule has 9 heteroatoms. The first kappa shape index (κ1) is 20.3. The lowest BCUT2D eigenvalue weighted by Crippen LogP contribution is -2.55. The zero-order chi connectivity index (χ0) is 19.6. The molecule has 2 aliphatic heterocycles. The van der Waals surface area contributed by atoms with Crippen LogP contribution in [-0.4, -0.2) is 59.6 Å². The molecule has 1 atom stereocenters. The number of rotatable bonds is 5. The minimum Gasteiger partial charge on any atom is -0.480 e. The van der Waals surface area contributed by atoms with Gasteiger partial charge in [-0.3, -0.25) is 9.59 Å². The monoisotopic (exact) mass is 414 g/mol. The molecule has 27 heavy (non-hydrogen) atoms. The summed E-state index contributed by atoms with van der Waals surface area (Å²) in [4.78, 5) is 24.0. The Morgan fingerprint density at radius 3 is 2.22 bits per heavy atom. The lowest BCUT2D eigenvalue weighted by atomic mass is 9.90. The van der Waals surface area contributed by atoms with Gasteiger partial charge in [-0.15, -0.1) is 0 Å². The molecule has 2 saturated heterocycles. The molecule has 0 bridgehead atoms. The number of aliphatic carboxylic acids is 1. The Morgan fingerprint density at radius 2 is 1.63 bits per heavy atom. The predicted octanol–water partition coefficient (Wildman–Crippen LogP) is 2.42. The van der Waals surface area contributed by atoms with Crippen LogP contribution in [0.3, 0.4) is 0 Å². The van der Waals surface area contributed by atoms with E-state index in [-0.39, 0.29) is 31.3 Å². The molecule has 3 rings (SSSR count). The second-order valence-corrected chi connectivity index (χ2v) is 9.33. The van der Waals surface area contributed by atoms with Gasteiger partial charge in [-0.2, -0.15) is 17.0 Å². The first-order valence-electron chi connectivity index (χ1n) is 9.10. The molecule has 1 unspecified atom stereocenters. The third kappa shape index (κ3) is 4.34. The van der Waals surface area contributed by atoms with Crippen molar-refractivity contribution in [2.24, 2.45) is 5.92 Å². The van der Waals surface area contributed by atoms with Crippen molar-refractivity contribution in [1.82, 2.24) is 8.61 Å². The first-order valence-corrected chi connectivity index (χ1v) is 10.9. The SMILES string of the molecule is O=C(c1ccc(Cl)cc1)C1CCN(S(=O)(=O)N2CCCCC2C(=O)O)CC1. The number of piperidine rings is 2. The average Bonchev–Trinajstić information content (AvgIpc) is 2.68. The van der Waals surface area contributed by atoms with Crippen LogP contribution in [0.1, 0.15) is 42.5 Å². The van der Waals surface area contributed by atoms with Crippen LogP contribution in [0.15, 0.2) is 24.3 Å². The van der Waals surface area contributed by atoms with Crippen LogP contribution in [-0.2, 0) is 15.0 Å². The number of halogens is 1. The highest BCUT2D eigenvalue weighted by Crippen LogP contribution is 2.28. The number of hydrogen-bond donors (Lipinski definition) is 1. The van der Waals surface area contributed by atoms with Crippen molar-refractivity contribution >= 4 is 33.6 Å².